The zero-order valence-electron chi connectivity index (χ0n) is 31.6. The highest BCUT2D eigenvalue weighted by Gasteiger charge is 2.21. The molecule has 2 aliphatic heterocycles. The van der Waals surface area contributed by atoms with Crippen LogP contribution in [0, 0.1) is 41.5 Å². The smallest absolute Gasteiger partial charge is 0.0872 e. The van der Waals surface area contributed by atoms with Crippen molar-refractivity contribution in [3.8, 4) is 44.5 Å². The molecule has 0 aliphatic carbocycles. The lowest BCUT2D eigenvalue weighted by atomic mass is 9.92. The van der Waals surface area contributed by atoms with Crippen molar-refractivity contribution in [2.75, 3.05) is 0 Å². The highest BCUT2D eigenvalue weighted by atomic mass is 14.8. The van der Waals surface area contributed by atoms with E-state index in [1.165, 1.54) is 44.5 Å². The molecule has 0 unspecified atom stereocenters. The average Bonchev–Trinajstić information content (AvgIpc) is 3.99. The van der Waals surface area contributed by atoms with E-state index in [0.717, 1.165) is 78.2 Å². The van der Waals surface area contributed by atoms with Gasteiger partial charge in [-0.05, 0) is 135 Å². The lowest BCUT2D eigenvalue weighted by molar-refractivity contribution is 1.28. The summed E-state index contributed by atoms with van der Waals surface area (Å²) in [6.45, 7) is 13.2. The van der Waals surface area contributed by atoms with Crippen LogP contribution in [0.3, 0.4) is 0 Å². The summed E-state index contributed by atoms with van der Waals surface area (Å²) >= 11 is 0. The molecule has 2 N–H and O–H groups in total. The molecule has 0 fully saturated rings. The van der Waals surface area contributed by atoms with Crippen LogP contribution in [0.25, 0.3) is 90.9 Å². The van der Waals surface area contributed by atoms with Crippen molar-refractivity contribution in [3.05, 3.63) is 165 Å². The fraction of sp³-hybridized carbons (Fsp3) is 0.120. The Hall–Kier alpha value is -6.52. The van der Waals surface area contributed by atoms with Crippen LogP contribution in [0.15, 0.2) is 109 Å². The van der Waals surface area contributed by atoms with Gasteiger partial charge in [-0.1, -0.05) is 96.1 Å². The number of fused-ring (bicyclic) bond motifs is 9. The molecule has 262 valence electrons. The van der Waals surface area contributed by atoms with Crippen molar-refractivity contribution in [3.63, 3.8) is 0 Å². The van der Waals surface area contributed by atoms with Crippen molar-refractivity contribution in [2.24, 2.45) is 0 Å². The van der Waals surface area contributed by atoms with Crippen LogP contribution in [0.2, 0.25) is 0 Å². The highest BCUT2D eigenvalue weighted by molar-refractivity contribution is 6.02. The predicted molar refractivity (Wildman–Crippen MR) is 229 cm³/mol. The molecule has 0 atom stereocenters. The summed E-state index contributed by atoms with van der Waals surface area (Å²) in [5.41, 5.74) is 24.0. The molecule has 0 saturated carbocycles. The quantitative estimate of drug-likeness (QED) is 0.192. The molecule has 3 aromatic heterocycles. The van der Waals surface area contributed by atoms with E-state index in [0.29, 0.717) is 0 Å². The van der Waals surface area contributed by atoms with Crippen molar-refractivity contribution in [1.82, 2.24) is 19.9 Å². The third kappa shape index (κ3) is 5.71. The maximum Gasteiger partial charge on any atom is 0.0872 e. The second-order valence-corrected chi connectivity index (χ2v) is 14.8. The Labute approximate surface area is 316 Å². The molecule has 54 heavy (non-hydrogen) atoms. The molecule has 0 radical (unpaired) electrons. The van der Waals surface area contributed by atoms with Crippen LogP contribution in [0.4, 0.5) is 0 Å². The van der Waals surface area contributed by atoms with Crippen molar-refractivity contribution < 1.29 is 0 Å². The predicted octanol–water partition coefficient (Wildman–Crippen LogP) is 13.2. The lowest BCUT2D eigenvalue weighted by Gasteiger charge is -2.14. The molecule has 9 rings (SSSR count). The van der Waals surface area contributed by atoms with E-state index >= 15 is 0 Å². The Morgan fingerprint density at radius 2 is 0.685 bits per heavy atom. The topological polar surface area (TPSA) is 57.4 Å². The van der Waals surface area contributed by atoms with Gasteiger partial charge in [0.05, 0.1) is 28.3 Å². The molecular formula is C50H42N4. The van der Waals surface area contributed by atoms with Gasteiger partial charge in [0.25, 0.3) is 0 Å². The van der Waals surface area contributed by atoms with Gasteiger partial charge in [-0.3, -0.25) is 0 Å². The highest BCUT2D eigenvalue weighted by Crippen LogP contribution is 2.42. The summed E-state index contributed by atoms with van der Waals surface area (Å²) in [5.74, 6) is 0. The Bertz CT molecular complexity index is 2820. The van der Waals surface area contributed by atoms with Crippen LogP contribution in [-0.2, 0) is 0 Å². The molecule has 4 nitrogen and oxygen atoms in total. The van der Waals surface area contributed by atoms with Crippen LogP contribution in [-0.4, -0.2) is 19.9 Å². The van der Waals surface area contributed by atoms with E-state index in [-0.39, 0.29) is 0 Å². The van der Waals surface area contributed by atoms with Gasteiger partial charge in [0, 0.05) is 38.8 Å². The number of benzene rings is 4. The molecular weight excluding hydrogens is 657 g/mol. The zero-order valence-corrected chi connectivity index (χ0v) is 31.6. The van der Waals surface area contributed by atoms with E-state index < -0.39 is 0 Å². The minimum Gasteiger partial charge on any atom is -0.354 e. The summed E-state index contributed by atoms with van der Waals surface area (Å²) in [6, 6.07) is 39.2. The number of rotatable bonds is 4. The van der Waals surface area contributed by atoms with Gasteiger partial charge in [-0.25, -0.2) is 9.97 Å². The Kier molecular flexibility index (Phi) is 8.12. The fourth-order valence-electron chi connectivity index (χ4n) is 8.68. The van der Waals surface area contributed by atoms with E-state index in [9.17, 15) is 0 Å². The Balaban J connectivity index is 1.53. The summed E-state index contributed by atoms with van der Waals surface area (Å²) in [7, 11) is 0. The number of hydrogen-bond donors (Lipinski definition) is 2. The van der Waals surface area contributed by atoms with Crippen LogP contribution >= 0.6 is 0 Å². The first kappa shape index (κ1) is 33.3. The first-order chi connectivity index (χ1) is 26.2. The van der Waals surface area contributed by atoms with Gasteiger partial charge >= 0.3 is 0 Å². The van der Waals surface area contributed by atoms with Gasteiger partial charge in [-0.2, -0.15) is 0 Å². The molecule has 0 amide bonds. The second kappa shape index (κ2) is 13.2. The number of H-pyrrole nitrogens is 2. The van der Waals surface area contributed by atoms with Crippen LogP contribution < -0.4 is 0 Å². The molecule has 8 bridgehead atoms. The maximum absolute atomic E-state index is 5.55. The average molecular weight is 699 g/mol. The summed E-state index contributed by atoms with van der Waals surface area (Å²) < 4.78 is 0. The zero-order chi connectivity index (χ0) is 37.1. The van der Waals surface area contributed by atoms with Gasteiger partial charge < -0.3 is 9.97 Å². The summed E-state index contributed by atoms with van der Waals surface area (Å²) in [5, 5.41) is 0. The number of aryl methyl sites for hydroxylation is 6. The fourth-order valence-corrected chi connectivity index (χ4v) is 8.68. The number of hydrogen-bond acceptors (Lipinski definition) is 2. The number of nitrogens with one attached hydrogen (secondary N) is 2. The van der Waals surface area contributed by atoms with E-state index in [4.69, 9.17) is 9.97 Å². The number of aromatic amines is 2. The molecule has 4 aromatic carbocycles. The molecule has 2 aliphatic rings. The van der Waals surface area contributed by atoms with Crippen molar-refractivity contribution >= 4 is 46.4 Å². The molecule has 4 heteroatoms. The number of aromatic nitrogens is 4. The van der Waals surface area contributed by atoms with Gasteiger partial charge in [-0.15, -0.1) is 0 Å². The SMILES string of the molecule is Cc1cc(C)c(-c2c3nc(c(-c4ccccc4)c(-c4ccccc4)c4ccc([nH]4)c(-c4c(C)cc(C)cc4C)c4nc(c5ccc2[nH]5)C=C4)C=C3)c(C)c1. The van der Waals surface area contributed by atoms with E-state index in [1.54, 1.807) is 0 Å². The van der Waals surface area contributed by atoms with Gasteiger partial charge in [0.1, 0.15) is 0 Å². The standard InChI is InChI=1S/C50H42N4/c1-29-25-31(3)45(32(4)26-29)49-41-19-17-37(51-41)38-18-20-42(52-38)50(46-33(5)27-30(2)28-34(46)6)44-24-22-40(54-44)48(36-15-11-8-12-16-36)47(35-13-9-7-10-14-35)39-21-23-43(49)53-39/h7-28,51,54H,1-6H3. The second-order valence-electron chi connectivity index (χ2n) is 14.8. The molecule has 5 heterocycles. The Morgan fingerprint density at radius 3 is 1.17 bits per heavy atom. The van der Waals surface area contributed by atoms with Crippen LogP contribution in [0.1, 0.15) is 56.2 Å². The van der Waals surface area contributed by atoms with Gasteiger partial charge in [0.15, 0.2) is 0 Å². The molecule has 7 aromatic rings. The monoisotopic (exact) mass is 698 g/mol. The number of nitrogens with zero attached hydrogens (tertiary/aromatic N) is 2. The summed E-state index contributed by atoms with van der Waals surface area (Å²) in [6.07, 6.45) is 8.67. The minimum absolute atomic E-state index is 0.902. The largest absolute Gasteiger partial charge is 0.354 e. The van der Waals surface area contributed by atoms with Crippen molar-refractivity contribution in [1.29, 1.82) is 0 Å². The Morgan fingerprint density at radius 1 is 0.333 bits per heavy atom. The van der Waals surface area contributed by atoms with Crippen LogP contribution in [0.5, 0.6) is 0 Å². The van der Waals surface area contributed by atoms with E-state index in [2.05, 4.69) is 185 Å². The maximum atomic E-state index is 5.55. The molecule has 0 saturated heterocycles. The minimum atomic E-state index is 0.902. The molecule has 0 spiro atoms. The van der Waals surface area contributed by atoms with Gasteiger partial charge in [0.2, 0.25) is 0 Å². The third-order valence-corrected chi connectivity index (χ3v) is 10.7. The summed E-state index contributed by atoms with van der Waals surface area (Å²) in [4.78, 5) is 18.6. The van der Waals surface area contributed by atoms with E-state index in [1.807, 2.05) is 0 Å². The normalized spacial score (nSPS) is 12.1. The first-order valence-electron chi connectivity index (χ1n) is 18.7. The third-order valence-electron chi connectivity index (χ3n) is 10.7. The van der Waals surface area contributed by atoms with Crippen molar-refractivity contribution in [2.45, 2.75) is 41.5 Å². The lowest BCUT2D eigenvalue weighted by Crippen LogP contribution is -1.95. The first-order valence-corrected chi connectivity index (χ1v) is 18.7.